The molecule has 0 bridgehead atoms. The molecular formula is C17H18N2OS. The van der Waals surface area contributed by atoms with Crippen LogP contribution in [0.15, 0.2) is 54.6 Å². The van der Waals surface area contributed by atoms with Crippen molar-refractivity contribution in [1.29, 1.82) is 0 Å². The van der Waals surface area contributed by atoms with Crippen LogP contribution >= 0.6 is 12.2 Å². The van der Waals surface area contributed by atoms with Crippen molar-refractivity contribution in [2.24, 2.45) is 0 Å². The predicted molar refractivity (Wildman–Crippen MR) is 90.7 cm³/mol. The standard InChI is InChI=1S/C17H18N2OS/c1-12(2)14-10-6-7-11-15(14)18-17(21)19-16(20)13-8-4-3-5-9-13/h3-12H,1-2H3,(H2,18,19,20,21). The van der Waals surface area contributed by atoms with E-state index in [0.29, 0.717) is 16.6 Å². The van der Waals surface area contributed by atoms with Gasteiger partial charge < -0.3 is 5.32 Å². The van der Waals surface area contributed by atoms with E-state index in [1.165, 1.54) is 0 Å². The number of rotatable bonds is 3. The summed E-state index contributed by atoms with van der Waals surface area (Å²) in [7, 11) is 0. The molecule has 4 heteroatoms. The molecule has 0 saturated heterocycles. The maximum atomic E-state index is 12.0. The van der Waals surface area contributed by atoms with Crippen LogP contribution in [-0.4, -0.2) is 11.0 Å². The number of nitrogens with one attached hydrogen (secondary N) is 2. The molecule has 2 N–H and O–H groups in total. The summed E-state index contributed by atoms with van der Waals surface area (Å²) in [5.41, 5.74) is 2.67. The lowest BCUT2D eigenvalue weighted by molar-refractivity contribution is 0.0978. The lowest BCUT2D eigenvalue weighted by Crippen LogP contribution is -2.34. The Kier molecular flexibility index (Phi) is 5.06. The molecule has 1 amide bonds. The Morgan fingerprint density at radius 1 is 1.00 bits per heavy atom. The Balaban J connectivity index is 2.04. The van der Waals surface area contributed by atoms with Gasteiger partial charge >= 0.3 is 0 Å². The van der Waals surface area contributed by atoms with E-state index in [1.807, 2.05) is 36.4 Å². The van der Waals surface area contributed by atoms with E-state index in [9.17, 15) is 4.79 Å². The summed E-state index contributed by atoms with van der Waals surface area (Å²) in [6, 6.07) is 16.9. The summed E-state index contributed by atoms with van der Waals surface area (Å²) in [5, 5.41) is 6.09. The van der Waals surface area contributed by atoms with Crippen LogP contribution in [0.3, 0.4) is 0 Å². The van der Waals surface area contributed by atoms with Gasteiger partial charge in [0.15, 0.2) is 5.11 Å². The van der Waals surface area contributed by atoms with E-state index < -0.39 is 0 Å². The van der Waals surface area contributed by atoms with Gasteiger partial charge in [0, 0.05) is 11.3 Å². The first-order valence-corrected chi connectivity index (χ1v) is 7.25. The average molecular weight is 298 g/mol. The van der Waals surface area contributed by atoms with Gasteiger partial charge in [0.25, 0.3) is 5.91 Å². The molecule has 2 aromatic carbocycles. The smallest absolute Gasteiger partial charge is 0.257 e. The Labute approximate surface area is 130 Å². The summed E-state index contributed by atoms with van der Waals surface area (Å²) in [6.07, 6.45) is 0. The molecule has 3 nitrogen and oxygen atoms in total. The summed E-state index contributed by atoms with van der Waals surface area (Å²) in [4.78, 5) is 12.0. The van der Waals surface area contributed by atoms with Crippen LogP contribution in [-0.2, 0) is 0 Å². The monoisotopic (exact) mass is 298 g/mol. The van der Waals surface area contributed by atoms with Crippen LogP contribution in [0.1, 0.15) is 35.7 Å². The van der Waals surface area contributed by atoms with E-state index in [0.717, 1.165) is 11.3 Å². The number of anilines is 1. The van der Waals surface area contributed by atoms with Crippen molar-refractivity contribution >= 4 is 28.9 Å². The maximum absolute atomic E-state index is 12.0. The first kappa shape index (κ1) is 15.2. The lowest BCUT2D eigenvalue weighted by Gasteiger charge is -2.15. The van der Waals surface area contributed by atoms with E-state index in [2.05, 4.69) is 30.5 Å². The molecule has 21 heavy (non-hydrogen) atoms. The highest BCUT2D eigenvalue weighted by Gasteiger charge is 2.10. The highest BCUT2D eigenvalue weighted by Crippen LogP contribution is 2.23. The van der Waals surface area contributed by atoms with Crippen LogP contribution in [0, 0.1) is 0 Å². The molecule has 0 spiro atoms. The van der Waals surface area contributed by atoms with Gasteiger partial charge in [0.1, 0.15) is 0 Å². The molecule has 0 fully saturated rings. The summed E-state index contributed by atoms with van der Waals surface area (Å²) < 4.78 is 0. The van der Waals surface area contributed by atoms with Crippen LogP contribution in [0.4, 0.5) is 5.69 Å². The van der Waals surface area contributed by atoms with E-state index in [4.69, 9.17) is 12.2 Å². The SMILES string of the molecule is CC(C)c1ccccc1NC(=S)NC(=O)c1ccccc1. The van der Waals surface area contributed by atoms with E-state index >= 15 is 0 Å². The molecule has 0 aliphatic rings. The second kappa shape index (κ2) is 6.99. The normalized spacial score (nSPS) is 10.2. The molecule has 0 heterocycles. The van der Waals surface area contributed by atoms with Gasteiger partial charge in [-0.05, 0) is 41.9 Å². The van der Waals surface area contributed by atoms with Crippen molar-refractivity contribution in [3.63, 3.8) is 0 Å². The molecule has 0 unspecified atom stereocenters. The fraction of sp³-hybridized carbons (Fsp3) is 0.176. The molecule has 0 aliphatic carbocycles. The minimum absolute atomic E-state index is 0.213. The molecule has 0 aliphatic heterocycles. The third-order valence-corrected chi connectivity index (χ3v) is 3.30. The Bertz CT molecular complexity index is 638. The van der Waals surface area contributed by atoms with Gasteiger partial charge in [0.2, 0.25) is 0 Å². The van der Waals surface area contributed by atoms with Crippen LogP contribution in [0.5, 0.6) is 0 Å². The predicted octanol–water partition coefficient (Wildman–Crippen LogP) is 3.94. The number of hydrogen-bond donors (Lipinski definition) is 2. The summed E-state index contributed by atoms with van der Waals surface area (Å²) in [5.74, 6) is 0.163. The average Bonchev–Trinajstić information content (AvgIpc) is 2.48. The fourth-order valence-electron chi connectivity index (χ4n) is 2.03. The van der Waals surface area contributed by atoms with E-state index in [-0.39, 0.29) is 5.91 Å². The van der Waals surface area contributed by atoms with Gasteiger partial charge in [-0.25, -0.2) is 0 Å². The molecule has 0 atom stereocenters. The summed E-state index contributed by atoms with van der Waals surface area (Å²) in [6.45, 7) is 4.23. The largest absolute Gasteiger partial charge is 0.332 e. The maximum Gasteiger partial charge on any atom is 0.257 e. The first-order chi connectivity index (χ1) is 10.1. The molecule has 0 radical (unpaired) electrons. The number of amides is 1. The van der Waals surface area contributed by atoms with E-state index in [1.54, 1.807) is 12.1 Å². The van der Waals surface area contributed by atoms with Crippen molar-refractivity contribution in [1.82, 2.24) is 5.32 Å². The van der Waals surface area contributed by atoms with Crippen LogP contribution < -0.4 is 10.6 Å². The number of hydrogen-bond acceptors (Lipinski definition) is 2. The van der Waals surface area contributed by atoms with Crippen molar-refractivity contribution in [3.05, 3.63) is 65.7 Å². The molecular weight excluding hydrogens is 280 g/mol. The zero-order valence-electron chi connectivity index (χ0n) is 12.1. The summed E-state index contributed by atoms with van der Waals surface area (Å²) >= 11 is 5.22. The van der Waals surface area contributed by atoms with Crippen LogP contribution in [0.2, 0.25) is 0 Å². The first-order valence-electron chi connectivity index (χ1n) is 6.84. The van der Waals surface area contributed by atoms with Gasteiger partial charge in [-0.3, -0.25) is 10.1 Å². The van der Waals surface area contributed by atoms with Crippen LogP contribution in [0.25, 0.3) is 0 Å². The number of carbonyl (C=O) groups is 1. The number of benzene rings is 2. The Morgan fingerprint density at radius 2 is 1.62 bits per heavy atom. The second-order valence-electron chi connectivity index (χ2n) is 5.02. The van der Waals surface area contributed by atoms with Crippen molar-refractivity contribution < 1.29 is 4.79 Å². The van der Waals surface area contributed by atoms with Gasteiger partial charge in [0.05, 0.1) is 0 Å². The molecule has 108 valence electrons. The highest BCUT2D eigenvalue weighted by molar-refractivity contribution is 7.80. The molecule has 2 aromatic rings. The quantitative estimate of drug-likeness (QED) is 0.843. The van der Waals surface area contributed by atoms with Crippen molar-refractivity contribution in [2.45, 2.75) is 19.8 Å². The van der Waals surface area contributed by atoms with Crippen molar-refractivity contribution in [2.75, 3.05) is 5.32 Å². The number of thiocarbonyl (C=S) groups is 1. The zero-order valence-corrected chi connectivity index (χ0v) is 12.9. The second-order valence-corrected chi connectivity index (χ2v) is 5.42. The third kappa shape index (κ3) is 4.13. The molecule has 2 rings (SSSR count). The molecule has 0 aromatic heterocycles. The minimum atomic E-state index is -0.213. The number of para-hydroxylation sites is 1. The van der Waals surface area contributed by atoms with Gasteiger partial charge in [-0.1, -0.05) is 50.2 Å². The Hall–Kier alpha value is -2.20. The zero-order chi connectivity index (χ0) is 15.2. The minimum Gasteiger partial charge on any atom is -0.332 e. The lowest BCUT2D eigenvalue weighted by atomic mass is 10.0. The topological polar surface area (TPSA) is 41.1 Å². The third-order valence-electron chi connectivity index (χ3n) is 3.09. The number of carbonyl (C=O) groups excluding carboxylic acids is 1. The van der Waals surface area contributed by atoms with Gasteiger partial charge in [-0.2, -0.15) is 0 Å². The highest BCUT2D eigenvalue weighted by atomic mass is 32.1. The van der Waals surface area contributed by atoms with Crippen molar-refractivity contribution in [3.8, 4) is 0 Å². The van der Waals surface area contributed by atoms with Gasteiger partial charge in [-0.15, -0.1) is 0 Å². The molecule has 0 saturated carbocycles. The Morgan fingerprint density at radius 3 is 2.29 bits per heavy atom. The fourth-order valence-corrected chi connectivity index (χ4v) is 2.24.